The van der Waals surface area contributed by atoms with E-state index in [0.29, 0.717) is 0 Å². The lowest BCUT2D eigenvalue weighted by molar-refractivity contribution is 0.102. The van der Waals surface area contributed by atoms with Crippen molar-refractivity contribution < 1.29 is 17.9 Å². The monoisotopic (exact) mass is 296 g/mol. The molecule has 0 spiro atoms. The molecule has 0 aliphatic heterocycles. The van der Waals surface area contributed by atoms with Crippen LogP contribution in [0.15, 0.2) is 35.4 Å². The summed E-state index contributed by atoms with van der Waals surface area (Å²) in [6, 6.07) is 5.62. The summed E-state index contributed by atoms with van der Waals surface area (Å²) in [4.78, 5) is 11.6. The Morgan fingerprint density at radius 1 is 1.40 bits per heavy atom. The van der Waals surface area contributed by atoms with Crippen LogP contribution in [-0.4, -0.2) is 31.6 Å². The third kappa shape index (κ3) is 2.95. The lowest BCUT2D eigenvalue weighted by Crippen LogP contribution is -2.16. The summed E-state index contributed by atoms with van der Waals surface area (Å²) in [6.45, 7) is 0. The smallest absolute Gasteiger partial charge is 0.273 e. The summed E-state index contributed by atoms with van der Waals surface area (Å²) < 4.78 is 27.8. The molecule has 9 heteroatoms. The minimum atomic E-state index is -3.95. The van der Waals surface area contributed by atoms with E-state index in [4.69, 9.17) is 9.88 Å². The average Bonchev–Trinajstić information content (AvgIpc) is 2.91. The first-order chi connectivity index (χ1) is 9.41. The minimum absolute atomic E-state index is 0.104. The van der Waals surface area contributed by atoms with Crippen molar-refractivity contribution in [3.63, 3.8) is 0 Å². The van der Waals surface area contributed by atoms with Crippen molar-refractivity contribution in [2.45, 2.75) is 4.90 Å². The van der Waals surface area contributed by atoms with Gasteiger partial charge in [-0.05, 0) is 24.3 Å². The van der Waals surface area contributed by atoms with Crippen molar-refractivity contribution >= 4 is 21.6 Å². The number of amides is 1. The molecule has 1 heterocycles. The van der Waals surface area contributed by atoms with E-state index in [9.17, 15) is 13.2 Å². The number of aromatic amines is 1. The lowest BCUT2D eigenvalue weighted by Gasteiger charge is -2.09. The number of hydrogen-bond acceptors (Lipinski definition) is 5. The largest absolute Gasteiger partial charge is 0.495 e. The maximum atomic E-state index is 11.8. The fourth-order valence-corrected chi connectivity index (χ4v) is 2.28. The molecule has 0 aliphatic rings. The molecule has 0 saturated carbocycles. The second-order valence-electron chi connectivity index (χ2n) is 3.84. The van der Waals surface area contributed by atoms with Gasteiger partial charge in [0.2, 0.25) is 10.0 Å². The Balaban J connectivity index is 2.33. The van der Waals surface area contributed by atoms with E-state index in [1.807, 2.05) is 0 Å². The van der Waals surface area contributed by atoms with Crippen LogP contribution >= 0.6 is 0 Å². The fourth-order valence-electron chi connectivity index (χ4n) is 1.56. The van der Waals surface area contributed by atoms with Crippen LogP contribution in [0.3, 0.4) is 0 Å². The van der Waals surface area contributed by atoms with Crippen LogP contribution in [0, 0.1) is 0 Å². The van der Waals surface area contributed by atoms with Gasteiger partial charge in [0.25, 0.3) is 5.91 Å². The summed E-state index contributed by atoms with van der Waals surface area (Å²) >= 11 is 0. The zero-order valence-electron chi connectivity index (χ0n) is 10.5. The number of aromatic nitrogens is 2. The Kier molecular flexibility index (Phi) is 3.72. The Morgan fingerprint density at radius 3 is 2.70 bits per heavy atom. The Morgan fingerprint density at radius 2 is 2.15 bits per heavy atom. The highest BCUT2D eigenvalue weighted by atomic mass is 32.2. The van der Waals surface area contributed by atoms with Crippen molar-refractivity contribution in [1.82, 2.24) is 10.2 Å². The molecule has 2 rings (SSSR count). The van der Waals surface area contributed by atoms with Gasteiger partial charge in [-0.15, -0.1) is 0 Å². The number of hydrogen-bond donors (Lipinski definition) is 3. The van der Waals surface area contributed by atoms with Gasteiger partial charge in [-0.25, -0.2) is 13.6 Å². The number of nitrogens with one attached hydrogen (secondary N) is 2. The molecule has 1 aromatic heterocycles. The SMILES string of the molecule is COc1ccc(NC(=O)c2ccn[nH]2)cc1S(N)(=O)=O. The highest BCUT2D eigenvalue weighted by molar-refractivity contribution is 7.89. The number of carbonyl (C=O) groups excluding carboxylic acids is 1. The third-order valence-corrected chi connectivity index (χ3v) is 3.41. The topological polar surface area (TPSA) is 127 Å². The van der Waals surface area contributed by atoms with E-state index in [2.05, 4.69) is 15.5 Å². The third-order valence-electron chi connectivity index (χ3n) is 2.47. The van der Waals surface area contributed by atoms with Gasteiger partial charge in [-0.3, -0.25) is 9.89 Å². The quantitative estimate of drug-likeness (QED) is 0.748. The van der Waals surface area contributed by atoms with E-state index < -0.39 is 15.9 Å². The molecule has 0 fully saturated rings. The number of sulfonamides is 1. The summed E-state index contributed by atoms with van der Waals surface area (Å²) in [5, 5.41) is 13.8. The van der Waals surface area contributed by atoms with Crippen LogP contribution in [0.4, 0.5) is 5.69 Å². The van der Waals surface area contributed by atoms with E-state index in [-0.39, 0.29) is 22.0 Å². The van der Waals surface area contributed by atoms with Gasteiger partial charge in [0, 0.05) is 11.9 Å². The van der Waals surface area contributed by atoms with Crippen LogP contribution in [-0.2, 0) is 10.0 Å². The molecule has 0 aliphatic carbocycles. The predicted molar refractivity (Wildman–Crippen MR) is 70.9 cm³/mol. The number of nitrogens with zero attached hydrogens (tertiary/aromatic N) is 1. The lowest BCUT2D eigenvalue weighted by atomic mass is 10.3. The van der Waals surface area contributed by atoms with E-state index in [1.165, 1.54) is 37.6 Å². The van der Waals surface area contributed by atoms with Gasteiger partial charge < -0.3 is 10.1 Å². The van der Waals surface area contributed by atoms with Crippen molar-refractivity contribution in [2.75, 3.05) is 12.4 Å². The number of nitrogens with two attached hydrogens (primary N) is 1. The molecule has 106 valence electrons. The van der Waals surface area contributed by atoms with Crippen molar-refractivity contribution in [3.05, 3.63) is 36.2 Å². The Hall–Kier alpha value is -2.39. The van der Waals surface area contributed by atoms with Gasteiger partial charge in [0.1, 0.15) is 16.3 Å². The number of ether oxygens (including phenoxy) is 1. The molecule has 4 N–H and O–H groups in total. The standard InChI is InChI=1S/C11H12N4O4S/c1-19-9-3-2-7(6-10(9)20(12,17)18)14-11(16)8-4-5-13-15-8/h2-6H,1H3,(H,13,15)(H,14,16)(H2,12,17,18). The maximum Gasteiger partial charge on any atom is 0.273 e. The van der Waals surface area contributed by atoms with Gasteiger partial charge >= 0.3 is 0 Å². The first kappa shape index (κ1) is 14.0. The summed E-state index contributed by atoms with van der Waals surface area (Å²) in [6.07, 6.45) is 1.43. The van der Waals surface area contributed by atoms with E-state index in [1.54, 1.807) is 0 Å². The molecule has 0 saturated heterocycles. The molecule has 20 heavy (non-hydrogen) atoms. The number of anilines is 1. The molecule has 1 aromatic carbocycles. The highest BCUT2D eigenvalue weighted by Gasteiger charge is 2.16. The number of benzene rings is 1. The number of methoxy groups -OCH3 is 1. The zero-order valence-corrected chi connectivity index (χ0v) is 11.3. The number of carbonyl (C=O) groups is 1. The molecule has 0 bridgehead atoms. The van der Waals surface area contributed by atoms with Crippen molar-refractivity contribution in [2.24, 2.45) is 5.14 Å². The van der Waals surface area contributed by atoms with Crippen molar-refractivity contribution in [1.29, 1.82) is 0 Å². The minimum Gasteiger partial charge on any atom is -0.495 e. The average molecular weight is 296 g/mol. The molecule has 8 nitrogen and oxygen atoms in total. The second-order valence-corrected chi connectivity index (χ2v) is 5.36. The van der Waals surface area contributed by atoms with Gasteiger partial charge in [-0.2, -0.15) is 5.10 Å². The van der Waals surface area contributed by atoms with E-state index in [0.717, 1.165) is 0 Å². The van der Waals surface area contributed by atoms with Crippen LogP contribution in [0.5, 0.6) is 5.75 Å². The fraction of sp³-hybridized carbons (Fsp3) is 0.0909. The molecule has 1 amide bonds. The van der Waals surface area contributed by atoms with Crippen LogP contribution in [0.25, 0.3) is 0 Å². The second kappa shape index (κ2) is 5.31. The zero-order chi connectivity index (χ0) is 14.8. The molecule has 2 aromatic rings. The van der Waals surface area contributed by atoms with Crippen LogP contribution in [0.1, 0.15) is 10.5 Å². The number of primary sulfonamides is 1. The molecular formula is C11H12N4O4S. The first-order valence-corrected chi connectivity index (χ1v) is 6.98. The Bertz CT molecular complexity index is 725. The van der Waals surface area contributed by atoms with E-state index >= 15 is 0 Å². The van der Waals surface area contributed by atoms with Crippen LogP contribution in [0.2, 0.25) is 0 Å². The normalized spacial score (nSPS) is 11.1. The van der Waals surface area contributed by atoms with Gasteiger partial charge in [0.05, 0.1) is 7.11 Å². The van der Waals surface area contributed by atoms with Gasteiger partial charge in [-0.1, -0.05) is 0 Å². The molecule has 0 radical (unpaired) electrons. The molecular weight excluding hydrogens is 284 g/mol. The molecule has 0 unspecified atom stereocenters. The predicted octanol–water partition coefficient (Wildman–Crippen LogP) is 0.318. The van der Waals surface area contributed by atoms with Crippen molar-refractivity contribution in [3.8, 4) is 5.75 Å². The summed E-state index contributed by atoms with van der Waals surface area (Å²) in [7, 11) is -2.63. The highest BCUT2D eigenvalue weighted by Crippen LogP contribution is 2.26. The summed E-state index contributed by atoms with van der Waals surface area (Å²) in [5.74, 6) is -0.347. The van der Waals surface area contributed by atoms with Crippen LogP contribution < -0.4 is 15.2 Å². The first-order valence-electron chi connectivity index (χ1n) is 5.43. The Labute approximate surface area is 115 Å². The van der Waals surface area contributed by atoms with Gasteiger partial charge in [0.15, 0.2) is 0 Å². The number of rotatable bonds is 4. The molecule has 0 atom stereocenters. The summed E-state index contributed by atoms with van der Waals surface area (Å²) in [5.41, 5.74) is 0.521. The number of H-pyrrole nitrogens is 1. The maximum absolute atomic E-state index is 11.8.